The Morgan fingerprint density at radius 2 is 1.72 bits per heavy atom. The van der Waals surface area contributed by atoms with E-state index in [1.54, 1.807) is 29.2 Å². The molecule has 1 amide bonds. The van der Waals surface area contributed by atoms with Crippen LogP contribution in [0, 0.1) is 0 Å². The maximum absolute atomic E-state index is 12.1. The molecule has 2 aromatic carbocycles. The standard InChI is InChI=1S/C18H16Cl2N4O/c19-16-2-1-3-17(20)15(16)8-18(25)22-9-13-4-6-14(7-5-13)10-24-12-21-11-23-24/h1-7,11-12H,8-10H2,(H,22,25). The maximum Gasteiger partial charge on any atom is 0.224 e. The molecular formula is C18H16Cl2N4O. The quantitative estimate of drug-likeness (QED) is 0.718. The number of carbonyl (C=O) groups excluding carboxylic acids is 1. The molecule has 0 radical (unpaired) electrons. The molecule has 0 saturated carbocycles. The smallest absolute Gasteiger partial charge is 0.224 e. The fourth-order valence-corrected chi connectivity index (χ4v) is 2.92. The number of nitrogens with zero attached hydrogens (tertiary/aromatic N) is 3. The topological polar surface area (TPSA) is 59.8 Å². The van der Waals surface area contributed by atoms with E-state index in [2.05, 4.69) is 15.4 Å². The lowest BCUT2D eigenvalue weighted by atomic mass is 10.1. The minimum Gasteiger partial charge on any atom is -0.352 e. The average Bonchev–Trinajstić information content (AvgIpc) is 3.11. The van der Waals surface area contributed by atoms with E-state index in [9.17, 15) is 4.79 Å². The second-order valence-corrected chi connectivity index (χ2v) is 6.38. The van der Waals surface area contributed by atoms with Crippen LogP contribution >= 0.6 is 23.2 Å². The van der Waals surface area contributed by atoms with Crippen LogP contribution in [0.15, 0.2) is 55.1 Å². The van der Waals surface area contributed by atoms with Gasteiger partial charge in [0.2, 0.25) is 5.91 Å². The van der Waals surface area contributed by atoms with Gasteiger partial charge < -0.3 is 5.32 Å². The molecule has 3 rings (SSSR count). The van der Waals surface area contributed by atoms with Gasteiger partial charge in [0.25, 0.3) is 0 Å². The van der Waals surface area contributed by atoms with Crippen molar-refractivity contribution in [1.29, 1.82) is 0 Å². The molecule has 3 aromatic rings. The third kappa shape index (κ3) is 4.81. The number of rotatable bonds is 6. The Hall–Kier alpha value is -2.37. The molecule has 0 aliphatic heterocycles. The zero-order chi connectivity index (χ0) is 17.6. The Balaban J connectivity index is 1.53. The first-order valence-electron chi connectivity index (χ1n) is 7.71. The van der Waals surface area contributed by atoms with Gasteiger partial charge >= 0.3 is 0 Å². The van der Waals surface area contributed by atoms with Gasteiger partial charge in [0.05, 0.1) is 13.0 Å². The summed E-state index contributed by atoms with van der Waals surface area (Å²) in [6.45, 7) is 1.11. The molecule has 1 aromatic heterocycles. The fraction of sp³-hybridized carbons (Fsp3) is 0.167. The van der Waals surface area contributed by atoms with Crippen LogP contribution < -0.4 is 5.32 Å². The van der Waals surface area contributed by atoms with Gasteiger partial charge in [-0.3, -0.25) is 4.79 Å². The lowest BCUT2D eigenvalue weighted by Crippen LogP contribution is -2.24. The van der Waals surface area contributed by atoms with Crippen LogP contribution in [-0.2, 0) is 24.3 Å². The van der Waals surface area contributed by atoms with Crippen molar-refractivity contribution in [3.05, 3.63) is 81.9 Å². The lowest BCUT2D eigenvalue weighted by molar-refractivity contribution is -0.120. The van der Waals surface area contributed by atoms with Crippen LogP contribution in [-0.4, -0.2) is 20.7 Å². The number of hydrogen-bond acceptors (Lipinski definition) is 3. The highest BCUT2D eigenvalue weighted by Gasteiger charge is 2.10. The van der Waals surface area contributed by atoms with E-state index in [4.69, 9.17) is 23.2 Å². The van der Waals surface area contributed by atoms with Gasteiger partial charge in [-0.1, -0.05) is 53.5 Å². The summed E-state index contributed by atoms with van der Waals surface area (Å²) in [7, 11) is 0. The van der Waals surface area contributed by atoms with Crippen molar-refractivity contribution >= 4 is 29.1 Å². The molecule has 5 nitrogen and oxygen atoms in total. The van der Waals surface area contributed by atoms with Crippen molar-refractivity contribution in [2.45, 2.75) is 19.5 Å². The Morgan fingerprint density at radius 1 is 1.04 bits per heavy atom. The van der Waals surface area contributed by atoms with Gasteiger partial charge in [-0.25, -0.2) is 9.67 Å². The molecule has 25 heavy (non-hydrogen) atoms. The molecule has 0 spiro atoms. The van der Waals surface area contributed by atoms with Gasteiger partial charge in [-0.05, 0) is 28.8 Å². The molecule has 1 N–H and O–H groups in total. The summed E-state index contributed by atoms with van der Waals surface area (Å²) in [6.07, 6.45) is 3.34. The molecule has 0 aliphatic rings. The van der Waals surface area contributed by atoms with Crippen molar-refractivity contribution in [2.24, 2.45) is 0 Å². The van der Waals surface area contributed by atoms with Gasteiger partial charge in [0, 0.05) is 16.6 Å². The van der Waals surface area contributed by atoms with E-state index in [0.29, 0.717) is 28.7 Å². The number of aromatic nitrogens is 3. The first-order valence-corrected chi connectivity index (χ1v) is 8.47. The number of halogens is 2. The SMILES string of the molecule is O=C(Cc1c(Cl)cccc1Cl)NCc1ccc(Cn2cncn2)cc1. The third-order valence-electron chi connectivity index (χ3n) is 3.72. The zero-order valence-electron chi connectivity index (χ0n) is 13.3. The fourth-order valence-electron chi connectivity index (χ4n) is 2.39. The zero-order valence-corrected chi connectivity index (χ0v) is 14.8. The molecule has 0 aliphatic carbocycles. The third-order valence-corrected chi connectivity index (χ3v) is 4.43. The molecule has 0 bridgehead atoms. The summed E-state index contributed by atoms with van der Waals surface area (Å²) in [5.74, 6) is -0.123. The Kier molecular flexibility index (Phi) is 5.68. The van der Waals surface area contributed by atoms with Crippen molar-refractivity contribution in [2.75, 3.05) is 0 Å². The molecule has 128 valence electrons. The molecule has 0 fully saturated rings. The van der Waals surface area contributed by atoms with Crippen molar-refractivity contribution in [3.8, 4) is 0 Å². The number of hydrogen-bond donors (Lipinski definition) is 1. The van der Waals surface area contributed by atoms with Gasteiger partial charge in [0.1, 0.15) is 12.7 Å². The molecular weight excluding hydrogens is 359 g/mol. The predicted octanol–water partition coefficient (Wildman–Crippen LogP) is 3.49. The van der Waals surface area contributed by atoms with Crippen LogP contribution in [0.5, 0.6) is 0 Å². The number of nitrogens with one attached hydrogen (secondary N) is 1. The minimum absolute atomic E-state index is 0.123. The Labute approximate surface area is 155 Å². The van der Waals surface area contributed by atoms with Crippen LogP contribution in [0.25, 0.3) is 0 Å². The highest BCUT2D eigenvalue weighted by atomic mass is 35.5. The summed E-state index contributed by atoms with van der Waals surface area (Å²) < 4.78 is 1.75. The number of carbonyl (C=O) groups is 1. The van der Waals surface area contributed by atoms with E-state index in [1.165, 1.54) is 6.33 Å². The monoisotopic (exact) mass is 374 g/mol. The molecule has 0 atom stereocenters. The van der Waals surface area contributed by atoms with E-state index < -0.39 is 0 Å². The highest BCUT2D eigenvalue weighted by molar-refractivity contribution is 6.36. The lowest BCUT2D eigenvalue weighted by Gasteiger charge is -2.09. The number of amides is 1. The van der Waals surface area contributed by atoms with E-state index in [-0.39, 0.29) is 12.3 Å². The van der Waals surface area contributed by atoms with Crippen LogP contribution in [0.4, 0.5) is 0 Å². The Morgan fingerprint density at radius 3 is 2.36 bits per heavy atom. The van der Waals surface area contributed by atoms with Crippen LogP contribution in [0.1, 0.15) is 16.7 Å². The summed E-state index contributed by atoms with van der Waals surface area (Å²) in [4.78, 5) is 16.0. The highest BCUT2D eigenvalue weighted by Crippen LogP contribution is 2.24. The molecule has 0 unspecified atom stereocenters. The number of benzene rings is 2. The minimum atomic E-state index is -0.123. The molecule has 1 heterocycles. The van der Waals surface area contributed by atoms with Crippen molar-refractivity contribution < 1.29 is 4.79 Å². The van der Waals surface area contributed by atoms with Crippen LogP contribution in [0.2, 0.25) is 10.0 Å². The van der Waals surface area contributed by atoms with E-state index >= 15 is 0 Å². The van der Waals surface area contributed by atoms with Crippen molar-refractivity contribution in [1.82, 2.24) is 20.1 Å². The normalized spacial score (nSPS) is 10.6. The first-order chi connectivity index (χ1) is 12.1. The van der Waals surface area contributed by atoms with Crippen LogP contribution in [0.3, 0.4) is 0 Å². The van der Waals surface area contributed by atoms with Gasteiger partial charge in [-0.2, -0.15) is 5.10 Å². The largest absolute Gasteiger partial charge is 0.352 e. The molecule has 7 heteroatoms. The summed E-state index contributed by atoms with van der Waals surface area (Å²) in [5, 5.41) is 7.96. The maximum atomic E-state index is 12.1. The first kappa shape index (κ1) is 17.5. The molecule has 0 saturated heterocycles. The predicted molar refractivity (Wildman–Crippen MR) is 97.6 cm³/mol. The van der Waals surface area contributed by atoms with Gasteiger partial charge in [-0.15, -0.1) is 0 Å². The second kappa shape index (κ2) is 8.14. The average molecular weight is 375 g/mol. The van der Waals surface area contributed by atoms with E-state index in [1.807, 2.05) is 24.3 Å². The Bertz CT molecular complexity index is 828. The summed E-state index contributed by atoms with van der Waals surface area (Å²) in [6, 6.07) is 13.2. The van der Waals surface area contributed by atoms with Gasteiger partial charge in [0.15, 0.2) is 0 Å². The summed E-state index contributed by atoms with van der Waals surface area (Å²) >= 11 is 12.2. The summed E-state index contributed by atoms with van der Waals surface area (Å²) in [5.41, 5.74) is 2.77. The van der Waals surface area contributed by atoms with Crippen molar-refractivity contribution in [3.63, 3.8) is 0 Å². The second-order valence-electron chi connectivity index (χ2n) is 5.56. The van der Waals surface area contributed by atoms with E-state index in [0.717, 1.165) is 11.1 Å².